The second-order valence-electron chi connectivity index (χ2n) is 29.0. The van der Waals surface area contributed by atoms with Gasteiger partial charge in [-0.1, -0.05) is 34.1 Å². The van der Waals surface area contributed by atoms with E-state index in [1.807, 2.05) is 0 Å². The summed E-state index contributed by atoms with van der Waals surface area (Å²) < 4.78 is 10.6. The number of hydrogen-bond acceptors (Lipinski definition) is 13. The van der Waals surface area contributed by atoms with Gasteiger partial charge in [-0.3, -0.25) is 39.7 Å². The maximum atomic E-state index is 5.36. The molecule has 5 aliphatic heterocycles. The molecule has 0 spiro atoms. The Kier molecular flexibility index (Phi) is 39.8. The van der Waals surface area contributed by atoms with Crippen molar-refractivity contribution in [3.05, 3.63) is 0 Å². The van der Waals surface area contributed by atoms with Crippen LogP contribution in [0.1, 0.15) is 205 Å². The molecular formula is C63H141N11O2. The number of hydrazine groups is 1. The second kappa shape index (κ2) is 39.0. The van der Waals surface area contributed by atoms with E-state index in [1.165, 1.54) is 71.4 Å². The Morgan fingerprint density at radius 1 is 0.408 bits per heavy atom. The molecule has 13 heteroatoms. The molecule has 0 aromatic carbocycles. The summed E-state index contributed by atoms with van der Waals surface area (Å²) in [5, 5.41) is 5.72. The third-order valence-corrected chi connectivity index (χ3v) is 15.4. The van der Waals surface area contributed by atoms with Crippen molar-refractivity contribution in [2.45, 2.75) is 244 Å². The largest absolute Gasteiger partial charge is 0.379 e. The lowest BCUT2D eigenvalue weighted by molar-refractivity contribution is -0.00389. The van der Waals surface area contributed by atoms with Gasteiger partial charge < -0.3 is 19.7 Å². The van der Waals surface area contributed by atoms with E-state index in [-0.39, 0.29) is 0 Å². The van der Waals surface area contributed by atoms with Crippen LogP contribution in [0.5, 0.6) is 0 Å². The number of piperidine rings is 1. The molecule has 2 N–H and O–H groups in total. The zero-order chi connectivity index (χ0) is 59.0. The first-order chi connectivity index (χ1) is 34.9. The Labute approximate surface area is 478 Å². The molecule has 0 unspecified atom stereocenters. The van der Waals surface area contributed by atoms with Crippen LogP contribution in [0, 0.1) is 0 Å². The van der Waals surface area contributed by atoms with Gasteiger partial charge in [-0.2, -0.15) is 0 Å². The van der Waals surface area contributed by atoms with Crippen molar-refractivity contribution in [3.8, 4) is 0 Å². The molecule has 460 valence electrons. The van der Waals surface area contributed by atoms with Gasteiger partial charge >= 0.3 is 0 Å². The highest BCUT2D eigenvalue weighted by molar-refractivity contribution is 4.83. The van der Waals surface area contributed by atoms with Gasteiger partial charge in [-0.15, -0.1) is 0 Å². The van der Waals surface area contributed by atoms with Crippen molar-refractivity contribution in [1.82, 2.24) is 55.0 Å². The molecule has 0 radical (unpaired) electrons. The van der Waals surface area contributed by atoms with E-state index >= 15 is 0 Å². The molecule has 5 rings (SSSR count). The third-order valence-electron chi connectivity index (χ3n) is 15.4. The van der Waals surface area contributed by atoms with Crippen LogP contribution in [0.4, 0.5) is 0 Å². The lowest BCUT2D eigenvalue weighted by Crippen LogP contribution is -2.57. The fourth-order valence-electron chi connectivity index (χ4n) is 9.36. The molecule has 0 aromatic rings. The zero-order valence-corrected chi connectivity index (χ0v) is 56.8. The summed E-state index contributed by atoms with van der Waals surface area (Å²) in [6, 6.07) is 0. The molecule has 5 fully saturated rings. The fraction of sp³-hybridized carbons (Fsp3) is 1.00. The van der Waals surface area contributed by atoms with Crippen molar-refractivity contribution in [2.24, 2.45) is 0 Å². The number of likely N-dealkylation sites (tertiary alicyclic amines) is 1. The van der Waals surface area contributed by atoms with Gasteiger partial charge in [0.05, 0.1) is 26.4 Å². The minimum absolute atomic E-state index is 0.305. The summed E-state index contributed by atoms with van der Waals surface area (Å²) in [4.78, 5) is 19.8. The van der Waals surface area contributed by atoms with Crippen LogP contribution in [0.3, 0.4) is 0 Å². The number of nitrogens with one attached hydrogen (secondary N) is 2. The fourth-order valence-corrected chi connectivity index (χ4v) is 9.36. The van der Waals surface area contributed by atoms with Gasteiger partial charge in [0.1, 0.15) is 0 Å². The minimum Gasteiger partial charge on any atom is -0.379 e. The van der Waals surface area contributed by atoms with Crippen molar-refractivity contribution >= 4 is 0 Å². The Hall–Kier alpha value is -0.520. The van der Waals surface area contributed by atoms with E-state index in [2.05, 4.69) is 242 Å². The monoisotopic (exact) mass is 1080 g/mol. The smallest absolute Gasteiger partial charge is 0.0594 e. The molecule has 13 nitrogen and oxygen atoms in total. The quantitative estimate of drug-likeness (QED) is 0.218. The summed E-state index contributed by atoms with van der Waals surface area (Å²) in [5.74, 6) is 0. The predicted octanol–water partition coefficient (Wildman–Crippen LogP) is 10.7. The summed E-state index contributed by atoms with van der Waals surface area (Å²) in [6.45, 7) is 83.2. The van der Waals surface area contributed by atoms with Crippen LogP contribution in [0.25, 0.3) is 0 Å². The van der Waals surface area contributed by atoms with Gasteiger partial charge in [-0.25, -0.2) is 5.01 Å². The molecule has 0 atom stereocenters. The van der Waals surface area contributed by atoms with Crippen molar-refractivity contribution in [2.75, 3.05) is 171 Å². The third kappa shape index (κ3) is 39.0. The van der Waals surface area contributed by atoms with Gasteiger partial charge in [0.15, 0.2) is 0 Å². The molecule has 0 aliphatic carbocycles. The van der Waals surface area contributed by atoms with Crippen LogP contribution in [-0.2, 0) is 9.47 Å². The first kappa shape index (κ1) is 77.5. The normalized spacial score (nSPS) is 19.8. The second-order valence-corrected chi connectivity index (χ2v) is 29.0. The Balaban J connectivity index is 0. The number of piperazine rings is 2. The number of ether oxygens (including phenoxy) is 2. The van der Waals surface area contributed by atoms with E-state index in [0.717, 1.165) is 118 Å². The topological polar surface area (TPSA) is 71.7 Å². The summed E-state index contributed by atoms with van der Waals surface area (Å²) in [7, 11) is 4.17. The average Bonchev–Trinajstić information content (AvgIpc) is 3.32. The van der Waals surface area contributed by atoms with E-state index in [9.17, 15) is 0 Å². The first-order valence-electron chi connectivity index (χ1n) is 31.1. The molecule has 0 aromatic heterocycles. The van der Waals surface area contributed by atoms with Gasteiger partial charge in [0.25, 0.3) is 0 Å². The van der Waals surface area contributed by atoms with E-state index in [1.54, 1.807) is 0 Å². The van der Waals surface area contributed by atoms with Crippen molar-refractivity contribution < 1.29 is 9.47 Å². The molecule has 76 heavy (non-hydrogen) atoms. The summed E-state index contributed by atoms with van der Waals surface area (Å²) in [6.07, 6.45) is 6.76. The Morgan fingerprint density at radius 3 is 1.03 bits per heavy atom. The van der Waals surface area contributed by atoms with Crippen LogP contribution in [0.2, 0.25) is 0 Å². The molecule has 5 saturated heterocycles. The van der Waals surface area contributed by atoms with Gasteiger partial charge in [0, 0.05) is 130 Å². The molecular weight excluding hydrogens is 943 g/mol. The molecule has 0 amide bonds. The number of hydrogen-bond donors (Lipinski definition) is 2. The highest BCUT2D eigenvalue weighted by atomic mass is 16.5. The highest BCUT2D eigenvalue weighted by Crippen LogP contribution is 2.20. The highest BCUT2D eigenvalue weighted by Gasteiger charge is 2.27. The Bertz CT molecular complexity index is 1240. The standard InChI is InChI=1S/C14H30N4O.C10H23N.C9H19N.C8H18N2.C8H17NO.C8H19N.C6H15N/c1-14(2,3)17-6-8-18(9-7-17)15-4-5-16-10-12-19-13-11-16;1-6-8-11(9-7-2)10(3,4)5;1-9(2,3)10-7-5-4-6-8-10;1-8(2,3)10-6-4-9-5-7-10;1-8(2,3)9-4-6-10-7-5-9;1-6-9(7-2)8(3,4)5;1-6(2,3)7(4)5/h15H,4-13H2,1-3H3;6-9H2,1-5H3;4-8H2,1-3H3;9H,4-7H2,1-3H3;4-7H2,1-3H3;6-7H2,1-5H3;1-5H3. The lowest BCUT2D eigenvalue weighted by atomic mass is 10.0. The van der Waals surface area contributed by atoms with E-state index in [0.29, 0.717) is 38.8 Å². The van der Waals surface area contributed by atoms with Crippen LogP contribution in [-0.4, -0.2) is 254 Å². The maximum absolute atomic E-state index is 5.36. The zero-order valence-electron chi connectivity index (χ0n) is 56.8. The Morgan fingerprint density at radius 2 is 0.750 bits per heavy atom. The summed E-state index contributed by atoms with van der Waals surface area (Å²) >= 11 is 0. The molecule has 0 saturated carbocycles. The maximum Gasteiger partial charge on any atom is 0.0594 e. The summed E-state index contributed by atoms with van der Waals surface area (Å²) in [5.41, 5.74) is 6.00. The molecule has 5 aliphatic rings. The van der Waals surface area contributed by atoms with Crippen LogP contribution >= 0.6 is 0 Å². The van der Waals surface area contributed by atoms with E-state index in [4.69, 9.17) is 9.47 Å². The molecule has 0 bridgehead atoms. The molecule has 5 heterocycles. The number of nitrogens with zero attached hydrogens (tertiary/aromatic N) is 9. The van der Waals surface area contributed by atoms with Gasteiger partial charge in [-0.05, 0) is 224 Å². The van der Waals surface area contributed by atoms with Gasteiger partial charge in [0.2, 0.25) is 0 Å². The average molecular weight is 1080 g/mol. The lowest BCUT2D eigenvalue weighted by Gasteiger charge is -2.42. The SMILES string of the molecule is CC(C)(C)N1CCCCC1.CC(C)(C)N1CCN(NCCN2CCOCC2)CC1.CC(C)(C)N1CCNCC1.CC(C)(C)N1CCOCC1.CCCN(CCC)C(C)(C)C.CCN(CC)C(C)(C)C.CN(C)C(C)(C)C. The first-order valence-corrected chi connectivity index (χ1v) is 31.1. The van der Waals surface area contributed by atoms with Crippen molar-refractivity contribution in [3.63, 3.8) is 0 Å². The number of morpholine rings is 2. The predicted molar refractivity (Wildman–Crippen MR) is 338 cm³/mol. The number of rotatable bonds is 10. The van der Waals surface area contributed by atoms with Crippen molar-refractivity contribution in [1.29, 1.82) is 0 Å². The minimum atomic E-state index is 0.305. The van der Waals surface area contributed by atoms with E-state index < -0.39 is 0 Å². The van der Waals surface area contributed by atoms with Crippen LogP contribution < -0.4 is 10.7 Å². The van der Waals surface area contributed by atoms with Crippen LogP contribution in [0.15, 0.2) is 0 Å².